The number of nitrogens with one attached hydrogen (secondary N) is 2. The lowest BCUT2D eigenvalue weighted by Crippen LogP contribution is -2.10. The summed E-state index contributed by atoms with van der Waals surface area (Å²) in [4.78, 5) is 7.66. The third-order valence-electron chi connectivity index (χ3n) is 2.40. The molecule has 2 aromatic rings. The molecule has 2 rings (SSSR count). The predicted molar refractivity (Wildman–Crippen MR) is 69.4 cm³/mol. The van der Waals surface area contributed by atoms with E-state index in [1.165, 1.54) is 0 Å². The number of H-pyrrole nitrogens is 1. The summed E-state index contributed by atoms with van der Waals surface area (Å²) in [5, 5.41) is 3.11. The molecule has 0 aliphatic rings. The smallest absolute Gasteiger partial charge is 0.107 e. The van der Waals surface area contributed by atoms with Crippen LogP contribution < -0.4 is 5.32 Å². The first-order valence-corrected chi connectivity index (χ1v) is 6.03. The first-order valence-electron chi connectivity index (χ1n) is 5.24. The zero-order valence-electron chi connectivity index (χ0n) is 9.13. The number of aromatic amines is 1. The van der Waals surface area contributed by atoms with Crippen molar-refractivity contribution in [3.05, 3.63) is 40.8 Å². The van der Waals surface area contributed by atoms with Gasteiger partial charge in [0.1, 0.15) is 5.82 Å². The average Bonchev–Trinajstić information content (AvgIpc) is 2.76. The largest absolute Gasteiger partial charge is 0.342 e. The van der Waals surface area contributed by atoms with E-state index in [1.54, 1.807) is 0 Å². The molecule has 84 valence electrons. The molecule has 0 radical (unpaired) electrons. The predicted octanol–water partition coefficient (Wildman–Crippen LogP) is 2.60. The van der Waals surface area contributed by atoms with E-state index in [4.69, 9.17) is 0 Å². The molecule has 4 heteroatoms. The first-order chi connectivity index (χ1) is 7.79. The Morgan fingerprint density at radius 2 is 2.06 bits per heavy atom. The van der Waals surface area contributed by atoms with Gasteiger partial charge in [-0.15, -0.1) is 0 Å². The Labute approximate surface area is 103 Å². The van der Waals surface area contributed by atoms with Crippen molar-refractivity contribution in [3.8, 4) is 11.3 Å². The van der Waals surface area contributed by atoms with E-state index < -0.39 is 0 Å². The van der Waals surface area contributed by atoms with Gasteiger partial charge in [0.2, 0.25) is 0 Å². The highest BCUT2D eigenvalue weighted by atomic mass is 79.9. The molecule has 0 fully saturated rings. The number of hydrogen-bond donors (Lipinski definition) is 2. The van der Waals surface area contributed by atoms with E-state index in [0.717, 1.165) is 34.5 Å². The number of hydrogen-bond acceptors (Lipinski definition) is 2. The second-order valence-corrected chi connectivity index (χ2v) is 4.52. The lowest BCUT2D eigenvalue weighted by Gasteiger charge is -1.98. The summed E-state index contributed by atoms with van der Waals surface area (Å²) in [6.07, 6.45) is 2.81. The number of rotatable bonds is 4. The molecule has 0 bridgehead atoms. The highest BCUT2D eigenvalue weighted by molar-refractivity contribution is 9.10. The van der Waals surface area contributed by atoms with Gasteiger partial charge in [-0.05, 0) is 24.7 Å². The SMILES string of the molecule is CNCCc1ncc(-c2ccc(Br)cc2)[nH]1. The molecule has 0 aliphatic carbocycles. The van der Waals surface area contributed by atoms with Crippen molar-refractivity contribution in [1.29, 1.82) is 0 Å². The van der Waals surface area contributed by atoms with E-state index >= 15 is 0 Å². The summed E-state index contributed by atoms with van der Waals surface area (Å²) in [6, 6.07) is 8.20. The van der Waals surface area contributed by atoms with Crippen molar-refractivity contribution in [3.63, 3.8) is 0 Å². The molecule has 0 amide bonds. The fraction of sp³-hybridized carbons (Fsp3) is 0.250. The molecular weight excluding hydrogens is 266 g/mol. The van der Waals surface area contributed by atoms with Crippen LogP contribution in [-0.2, 0) is 6.42 Å². The van der Waals surface area contributed by atoms with Crippen molar-refractivity contribution in [2.45, 2.75) is 6.42 Å². The summed E-state index contributed by atoms with van der Waals surface area (Å²) in [6.45, 7) is 0.938. The summed E-state index contributed by atoms with van der Waals surface area (Å²) in [5.74, 6) is 1.02. The summed E-state index contributed by atoms with van der Waals surface area (Å²) in [7, 11) is 1.94. The molecule has 3 nitrogen and oxygen atoms in total. The highest BCUT2D eigenvalue weighted by Gasteiger charge is 2.02. The van der Waals surface area contributed by atoms with Crippen LogP contribution in [0.3, 0.4) is 0 Å². The quantitative estimate of drug-likeness (QED) is 0.903. The van der Waals surface area contributed by atoms with Crippen LogP contribution in [0.4, 0.5) is 0 Å². The van der Waals surface area contributed by atoms with Crippen molar-refractivity contribution >= 4 is 15.9 Å². The third-order valence-corrected chi connectivity index (χ3v) is 2.92. The van der Waals surface area contributed by atoms with Crippen LogP contribution in [0.2, 0.25) is 0 Å². The van der Waals surface area contributed by atoms with Crippen molar-refractivity contribution in [2.24, 2.45) is 0 Å². The molecule has 0 atom stereocenters. The summed E-state index contributed by atoms with van der Waals surface area (Å²) >= 11 is 3.42. The lowest BCUT2D eigenvalue weighted by molar-refractivity contribution is 0.764. The van der Waals surface area contributed by atoms with E-state index in [1.807, 2.05) is 25.4 Å². The maximum Gasteiger partial charge on any atom is 0.107 e. The second kappa shape index (κ2) is 5.27. The van der Waals surface area contributed by atoms with Crippen LogP contribution in [0.25, 0.3) is 11.3 Å². The van der Waals surface area contributed by atoms with Gasteiger partial charge in [-0.3, -0.25) is 0 Å². The monoisotopic (exact) mass is 279 g/mol. The molecule has 0 saturated carbocycles. The van der Waals surface area contributed by atoms with Crippen LogP contribution in [0.1, 0.15) is 5.82 Å². The normalized spacial score (nSPS) is 10.6. The van der Waals surface area contributed by atoms with E-state index in [2.05, 4.69) is 43.3 Å². The zero-order chi connectivity index (χ0) is 11.4. The van der Waals surface area contributed by atoms with Crippen molar-refractivity contribution in [1.82, 2.24) is 15.3 Å². The van der Waals surface area contributed by atoms with Crippen LogP contribution >= 0.6 is 15.9 Å². The molecular formula is C12H14BrN3. The number of benzene rings is 1. The minimum absolute atomic E-state index is 0.924. The Kier molecular flexibility index (Phi) is 3.74. The Morgan fingerprint density at radius 3 is 2.75 bits per heavy atom. The number of halogens is 1. The number of nitrogens with zero attached hydrogens (tertiary/aromatic N) is 1. The molecule has 1 heterocycles. The molecule has 0 spiro atoms. The van der Waals surface area contributed by atoms with Crippen LogP contribution in [-0.4, -0.2) is 23.6 Å². The number of imidazole rings is 1. The third kappa shape index (κ3) is 2.71. The minimum Gasteiger partial charge on any atom is -0.342 e. The van der Waals surface area contributed by atoms with E-state index in [9.17, 15) is 0 Å². The topological polar surface area (TPSA) is 40.7 Å². The lowest BCUT2D eigenvalue weighted by atomic mass is 10.2. The average molecular weight is 280 g/mol. The molecule has 2 N–H and O–H groups in total. The molecule has 0 aliphatic heterocycles. The Morgan fingerprint density at radius 1 is 1.31 bits per heavy atom. The fourth-order valence-corrected chi connectivity index (χ4v) is 1.77. The second-order valence-electron chi connectivity index (χ2n) is 3.60. The van der Waals surface area contributed by atoms with E-state index in [0.29, 0.717) is 0 Å². The Hall–Kier alpha value is -1.13. The maximum atomic E-state index is 4.35. The van der Waals surface area contributed by atoms with Gasteiger partial charge < -0.3 is 10.3 Å². The summed E-state index contributed by atoms with van der Waals surface area (Å²) < 4.78 is 1.09. The molecule has 16 heavy (non-hydrogen) atoms. The molecule has 1 aromatic heterocycles. The van der Waals surface area contributed by atoms with Gasteiger partial charge in [-0.25, -0.2) is 4.98 Å². The van der Waals surface area contributed by atoms with E-state index in [-0.39, 0.29) is 0 Å². The van der Waals surface area contributed by atoms with Gasteiger partial charge >= 0.3 is 0 Å². The fourth-order valence-electron chi connectivity index (χ4n) is 1.51. The standard InChI is InChI=1S/C12H14BrN3/c1-14-7-6-12-15-8-11(16-12)9-2-4-10(13)5-3-9/h2-5,8,14H,6-7H2,1H3,(H,15,16). The van der Waals surface area contributed by atoms with Gasteiger partial charge in [0, 0.05) is 17.4 Å². The maximum absolute atomic E-state index is 4.35. The van der Waals surface area contributed by atoms with Gasteiger partial charge in [0.15, 0.2) is 0 Å². The van der Waals surface area contributed by atoms with Crippen molar-refractivity contribution < 1.29 is 0 Å². The van der Waals surface area contributed by atoms with Crippen molar-refractivity contribution in [2.75, 3.05) is 13.6 Å². The van der Waals surface area contributed by atoms with Gasteiger partial charge in [0.05, 0.1) is 11.9 Å². The minimum atomic E-state index is 0.924. The highest BCUT2D eigenvalue weighted by Crippen LogP contribution is 2.19. The molecule has 1 aromatic carbocycles. The van der Waals surface area contributed by atoms with Gasteiger partial charge in [-0.2, -0.15) is 0 Å². The number of likely N-dealkylation sites (N-methyl/N-ethyl adjacent to an activating group) is 1. The number of aromatic nitrogens is 2. The molecule has 0 unspecified atom stereocenters. The summed E-state index contributed by atoms with van der Waals surface area (Å²) in [5.41, 5.74) is 2.23. The van der Waals surface area contributed by atoms with Gasteiger partial charge in [0.25, 0.3) is 0 Å². The Balaban J connectivity index is 2.15. The Bertz CT molecular complexity index is 448. The van der Waals surface area contributed by atoms with Crippen LogP contribution in [0, 0.1) is 0 Å². The molecule has 0 saturated heterocycles. The van der Waals surface area contributed by atoms with Gasteiger partial charge in [-0.1, -0.05) is 28.1 Å². The van der Waals surface area contributed by atoms with Crippen LogP contribution in [0.15, 0.2) is 34.9 Å². The zero-order valence-corrected chi connectivity index (χ0v) is 10.7. The van der Waals surface area contributed by atoms with Crippen LogP contribution in [0.5, 0.6) is 0 Å². The first kappa shape index (κ1) is 11.4.